The van der Waals surface area contributed by atoms with Gasteiger partial charge in [-0.1, -0.05) is 6.07 Å². The lowest BCUT2D eigenvalue weighted by molar-refractivity contribution is 0.0695. The lowest BCUT2D eigenvalue weighted by atomic mass is 10.1. The van der Waals surface area contributed by atoms with Crippen molar-refractivity contribution in [2.45, 2.75) is 6.92 Å². The maximum absolute atomic E-state index is 10.6. The zero-order valence-electron chi connectivity index (χ0n) is 6.53. The number of benzene rings is 1. The van der Waals surface area contributed by atoms with Crippen molar-refractivity contribution in [1.29, 1.82) is 0 Å². The summed E-state index contributed by atoms with van der Waals surface area (Å²) in [5, 5.41) is 17.8. The number of aromatic hydroxyl groups is 1. The average Bonchev–Trinajstić information content (AvgIpc) is 1.97. The van der Waals surface area contributed by atoms with Gasteiger partial charge in [0.05, 0.1) is 5.69 Å². The number of phenols is 1. The molecule has 64 valence electrons. The predicted octanol–water partition coefficient (Wildman–Crippen LogP) is 0.981. The molecule has 0 aromatic heterocycles. The average molecular weight is 167 g/mol. The van der Waals surface area contributed by atoms with Crippen molar-refractivity contribution in [3.05, 3.63) is 23.3 Å². The molecule has 0 aliphatic carbocycles. The van der Waals surface area contributed by atoms with E-state index >= 15 is 0 Å². The molecule has 0 saturated carbocycles. The van der Waals surface area contributed by atoms with Crippen LogP contribution < -0.4 is 5.73 Å². The normalized spacial score (nSPS) is 9.75. The fraction of sp³-hybridized carbons (Fsp3) is 0.125. The molecule has 12 heavy (non-hydrogen) atoms. The number of aryl methyl sites for hydroxylation is 1. The van der Waals surface area contributed by atoms with E-state index in [1.54, 1.807) is 13.0 Å². The van der Waals surface area contributed by atoms with Crippen LogP contribution in [-0.4, -0.2) is 16.2 Å². The van der Waals surface area contributed by atoms with Crippen molar-refractivity contribution in [3.8, 4) is 5.75 Å². The first-order valence-corrected chi connectivity index (χ1v) is 3.35. The number of aromatic carboxylic acids is 1. The van der Waals surface area contributed by atoms with Gasteiger partial charge in [0.2, 0.25) is 0 Å². The van der Waals surface area contributed by atoms with Crippen LogP contribution in [0.15, 0.2) is 12.1 Å². The summed E-state index contributed by atoms with van der Waals surface area (Å²) in [4.78, 5) is 10.6. The van der Waals surface area contributed by atoms with Gasteiger partial charge < -0.3 is 15.9 Å². The van der Waals surface area contributed by atoms with Gasteiger partial charge >= 0.3 is 5.97 Å². The Morgan fingerprint density at radius 2 is 2.08 bits per heavy atom. The van der Waals surface area contributed by atoms with Gasteiger partial charge in [0, 0.05) is 0 Å². The lowest BCUT2D eigenvalue weighted by Gasteiger charge is -2.05. The molecule has 4 heteroatoms. The van der Waals surface area contributed by atoms with Crippen LogP contribution in [0.2, 0.25) is 0 Å². The first kappa shape index (κ1) is 8.39. The summed E-state index contributed by atoms with van der Waals surface area (Å²) in [6.45, 7) is 1.68. The molecule has 4 nitrogen and oxygen atoms in total. The van der Waals surface area contributed by atoms with Crippen molar-refractivity contribution >= 4 is 11.7 Å². The molecular formula is C8H9NO3. The minimum absolute atomic E-state index is 0.113. The first-order chi connectivity index (χ1) is 5.54. The Bertz CT molecular complexity index is 333. The van der Waals surface area contributed by atoms with Crippen LogP contribution in [-0.2, 0) is 0 Å². The van der Waals surface area contributed by atoms with E-state index in [4.69, 9.17) is 15.9 Å². The van der Waals surface area contributed by atoms with E-state index in [9.17, 15) is 4.79 Å². The summed E-state index contributed by atoms with van der Waals surface area (Å²) in [5.74, 6) is -1.51. The summed E-state index contributed by atoms with van der Waals surface area (Å²) in [7, 11) is 0. The number of carbonyl (C=O) groups is 1. The Morgan fingerprint density at radius 1 is 1.50 bits per heavy atom. The Kier molecular flexibility index (Phi) is 1.91. The summed E-state index contributed by atoms with van der Waals surface area (Å²) in [6, 6.07) is 2.88. The SMILES string of the molecule is Cc1ccc(O)c(C(=O)O)c1N. The van der Waals surface area contributed by atoms with Gasteiger partial charge in [0.25, 0.3) is 0 Å². The topological polar surface area (TPSA) is 83.5 Å². The number of hydrogen-bond donors (Lipinski definition) is 3. The number of carboxylic acids is 1. The molecule has 0 bridgehead atoms. The van der Waals surface area contributed by atoms with Crippen LogP contribution >= 0.6 is 0 Å². The summed E-state index contributed by atoms with van der Waals surface area (Å²) in [6.07, 6.45) is 0. The molecule has 1 aromatic carbocycles. The highest BCUT2D eigenvalue weighted by Crippen LogP contribution is 2.25. The van der Waals surface area contributed by atoms with Gasteiger partial charge in [-0.15, -0.1) is 0 Å². The molecule has 0 heterocycles. The number of hydrogen-bond acceptors (Lipinski definition) is 3. The van der Waals surface area contributed by atoms with Crippen LogP contribution in [0.25, 0.3) is 0 Å². The molecule has 0 amide bonds. The van der Waals surface area contributed by atoms with Crippen molar-refractivity contribution in [3.63, 3.8) is 0 Å². The smallest absolute Gasteiger partial charge is 0.341 e. The fourth-order valence-corrected chi connectivity index (χ4v) is 0.937. The molecule has 1 rings (SSSR count). The van der Waals surface area contributed by atoms with Crippen LogP contribution in [0.4, 0.5) is 5.69 Å². The van der Waals surface area contributed by atoms with Crippen molar-refractivity contribution < 1.29 is 15.0 Å². The third-order valence-corrected chi connectivity index (χ3v) is 1.66. The second kappa shape index (κ2) is 2.73. The van der Waals surface area contributed by atoms with Crippen LogP contribution in [0.3, 0.4) is 0 Å². The lowest BCUT2D eigenvalue weighted by Crippen LogP contribution is -2.04. The maximum atomic E-state index is 10.6. The van der Waals surface area contributed by atoms with E-state index in [1.165, 1.54) is 6.07 Å². The quantitative estimate of drug-likeness (QED) is 0.544. The van der Waals surface area contributed by atoms with Gasteiger partial charge in [-0.2, -0.15) is 0 Å². The van der Waals surface area contributed by atoms with E-state index in [0.717, 1.165) is 0 Å². The predicted molar refractivity (Wildman–Crippen MR) is 44.2 cm³/mol. The molecule has 0 spiro atoms. The minimum atomic E-state index is -1.21. The monoisotopic (exact) mass is 167 g/mol. The van der Waals surface area contributed by atoms with E-state index in [-0.39, 0.29) is 17.0 Å². The standard InChI is InChI=1S/C8H9NO3/c1-4-2-3-5(10)6(7(4)9)8(11)12/h2-3,10H,9H2,1H3,(H,11,12). The number of nitrogen functional groups attached to an aromatic ring is 1. The Labute approximate surface area is 69.3 Å². The molecule has 0 fully saturated rings. The van der Waals surface area contributed by atoms with E-state index in [2.05, 4.69) is 0 Å². The fourth-order valence-electron chi connectivity index (χ4n) is 0.937. The summed E-state index contributed by atoms with van der Waals surface area (Å²) < 4.78 is 0. The minimum Gasteiger partial charge on any atom is -0.507 e. The molecule has 0 aliphatic rings. The van der Waals surface area contributed by atoms with E-state index in [1.807, 2.05) is 0 Å². The Balaban J connectivity index is 3.43. The zero-order chi connectivity index (χ0) is 9.30. The highest BCUT2D eigenvalue weighted by molar-refractivity contribution is 5.97. The number of rotatable bonds is 1. The van der Waals surface area contributed by atoms with Gasteiger partial charge in [0.1, 0.15) is 11.3 Å². The molecule has 0 radical (unpaired) electrons. The molecule has 1 aromatic rings. The second-order valence-electron chi connectivity index (χ2n) is 2.50. The summed E-state index contributed by atoms with van der Waals surface area (Å²) >= 11 is 0. The third-order valence-electron chi connectivity index (χ3n) is 1.66. The molecule has 0 unspecified atom stereocenters. The first-order valence-electron chi connectivity index (χ1n) is 3.35. The molecular weight excluding hydrogens is 158 g/mol. The van der Waals surface area contributed by atoms with E-state index < -0.39 is 5.97 Å². The van der Waals surface area contributed by atoms with Crippen molar-refractivity contribution in [2.75, 3.05) is 5.73 Å². The van der Waals surface area contributed by atoms with Crippen LogP contribution in [0.1, 0.15) is 15.9 Å². The van der Waals surface area contributed by atoms with Crippen LogP contribution in [0.5, 0.6) is 5.75 Å². The summed E-state index contributed by atoms with van der Waals surface area (Å²) in [5.41, 5.74) is 5.97. The van der Waals surface area contributed by atoms with E-state index in [0.29, 0.717) is 5.56 Å². The second-order valence-corrected chi connectivity index (χ2v) is 2.50. The number of anilines is 1. The van der Waals surface area contributed by atoms with Crippen molar-refractivity contribution in [2.24, 2.45) is 0 Å². The molecule has 0 aliphatic heterocycles. The van der Waals surface area contributed by atoms with Gasteiger partial charge in [-0.05, 0) is 18.6 Å². The number of carboxylic acid groups (broad SMARTS) is 1. The third kappa shape index (κ3) is 1.18. The maximum Gasteiger partial charge on any atom is 0.341 e. The molecule has 0 atom stereocenters. The number of nitrogens with two attached hydrogens (primary N) is 1. The Hall–Kier alpha value is -1.71. The van der Waals surface area contributed by atoms with Gasteiger partial charge in [0.15, 0.2) is 0 Å². The Morgan fingerprint density at radius 3 is 2.50 bits per heavy atom. The van der Waals surface area contributed by atoms with Gasteiger partial charge in [-0.25, -0.2) is 4.79 Å². The molecule has 0 saturated heterocycles. The van der Waals surface area contributed by atoms with Gasteiger partial charge in [-0.3, -0.25) is 0 Å². The highest BCUT2D eigenvalue weighted by atomic mass is 16.4. The molecule has 4 N–H and O–H groups in total. The largest absolute Gasteiger partial charge is 0.507 e. The zero-order valence-corrected chi connectivity index (χ0v) is 6.53. The van der Waals surface area contributed by atoms with Crippen LogP contribution in [0, 0.1) is 6.92 Å². The van der Waals surface area contributed by atoms with Crippen molar-refractivity contribution in [1.82, 2.24) is 0 Å². The highest BCUT2D eigenvalue weighted by Gasteiger charge is 2.14.